The Kier molecular flexibility index (Phi) is 5.48. The van der Waals surface area contributed by atoms with Gasteiger partial charge < -0.3 is 0 Å². The minimum atomic E-state index is -3.74. The van der Waals surface area contributed by atoms with Crippen molar-refractivity contribution < 1.29 is 16.8 Å². The third-order valence-corrected chi connectivity index (χ3v) is 9.44. The van der Waals surface area contributed by atoms with Crippen molar-refractivity contribution in [1.29, 1.82) is 0 Å². The van der Waals surface area contributed by atoms with Gasteiger partial charge in [-0.25, -0.2) is 16.8 Å². The molecule has 0 radical (unpaired) electrons. The first-order valence-electron chi connectivity index (χ1n) is 9.35. The molecule has 30 heavy (non-hydrogen) atoms. The van der Waals surface area contributed by atoms with Gasteiger partial charge in [-0.15, -0.1) is 0 Å². The normalized spacial score (nSPS) is 15.7. The maximum Gasteiger partial charge on any atom is 0.243 e. The van der Waals surface area contributed by atoms with Crippen molar-refractivity contribution in [3.05, 3.63) is 83.4 Å². The zero-order chi connectivity index (χ0) is 21.5. The highest BCUT2D eigenvalue weighted by Gasteiger charge is 2.44. The van der Waals surface area contributed by atoms with Gasteiger partial charge in [0.15, 0.2) is 9.84 Å². The Labute approximate surface area is 181 Å². The van der Waals surface area contributed by atoms with Crippen LogP contribution in [0.2, 0.25) is 5.02 Å². The van der Waals surface area contributed by atoms with E-state index in [1.807, 2.05) is 31.2 Å². The molecular weight excluding hydrogens is 442 g/mol. The number of sulfonamides is 1. The first-order valence-corrected chi connectivity index (χ1v) is 12.7. The molecule has 0 saturated carbocycles. The minimum absolute atomic E-state index is 0.0626. The smallest absolute Gasteiger partial charge is 0.223 e. The first kappa shape index (κ1) is 21.1. The van der Waals surface area contributed by atoms with Crippen molar-refractivity contribution in [3.63, 3.8) is 0 Å². The molecule has 1 saturated heterocycles. The number of hydrogen-bond acceptors (Lipinski definition) is 4. The van der Waals surface area contributed by atoms with E-state index in [0.717, 1.165) is 16.7 Å². The SMILES string of the molecule is Cc1cccc(-c2ccc(S(=O)(=O)N3CC(S(=O)(=O)c4ccc(Cl)cc4)C3)cc2)c1. The fourth-order valence-electron chi connectivity index (χ4n) is 3.40. The zero-order valence-corrected chi connectivity index (χ0v) is 18.6. The fraction of sp³-hybridized carbons (Fsp3) is 0.182. The molecule has 5 nitrogen and oxygen atoms in total. The summed E-state index contributed by atoms with van der Waals surface area (Å²) in [5.41, 5.74) is 3.05. The largest absolute Gasteiger partial charge is 0.243 e. The molecule has 4 rings (SSSR count). The van der Waals surface area contributed by atoms with Gasteiger partial charge in [-0.2, -0.15) is 4.31 Å². The molecule has 0 N–H and O–H groups in total. The molecule has 8 heteroatoms. The lowest BCUT2D eigenvalue weighted by atomic mass is 10.0. The quantitative estimate of drug-likeness (QED) is 0.572. The number of hydrogen-bond donors (Lipinski definition) is 0. The Bertz CT molecular complexity index is 1280. The standard InChI is InChI=1S/C22H20ClNO4S2/c1-16-3-2-4-18(13-16)17-5-9-21(10-6-17)30(27,28)24-14-22(15-24)29(25,26)20-11-7-19(23)8-12-20/h2-13,22H,14-15H2,1H3. The summed E-state index contributed by atoms with van der Waals surface area (Å²) < 4.78 is 52.4. The second kappa shape index (κ2) is 7.81. The van der Waals surface area contributed by atoms with Gasteiger partial charge >= 0.3 is 0 Å². The van der Waals surface area contributed by atoms with Gasteiger partial charge in [0.25, 0.3) is 0 Å². The molecule has 0 bridgehead atoms. The highest BCUT2D eigenvalue weighted by atomic mass is 35.5. The van der Waals surface area contributed by atoms with Crippen LogP contribution in [0.5, 0.6) is 0 Å². The van der Waals surface area contributed by atoms with Gasteiger partial charge in [0.2, 0.25) is 10.0 Å². The third-order valence-electron chi connectivity index (χ3n) is 5.24. The number of halogens is 1. The minimum Gasteiger partial charge on any atom is -0.223 e. The third kappa shape index (κ3) is 3.90. The lowest BCUT2D eigenvalue weighted by Gasteiger charge is -2.37. The van der Waals surface area contributed by atoms with Crippen molar-refractivity contribution in [1.82, 2.24) is 4.31 Å². The average Bonchev–Trinajstić information content (AvgIpc) is 2.67. The van der Waals surface area contributed by atoms with Gasteiger partial charge in [-0.1, -0.05) is 53.6 Å². The van der Waals surface area contributed by atoms with Crippen LogP contribution >= 0.6 is 11.6 Å². The van der Waals surface area contributed by atoms with E-state index < -0.39 is 25.1 Å². The lowest BCUT2D eigenvalue weighted by molar-refractivity contribution is 0.309. The Morgan fingerprint density at radius 3 is 2.00 bits per heavy atom. The summed E-state index contributed by atoms with van der Waals surface area (Å²) in [7, 11) is -7.35. The van der Waals surface area contributed by atoms with Gasteiger partial charge in [-0.05, 0) is 54.4 Å². The second-order valence-electron chi connectivity index (χ2n) is 7.34. The fourth-order valence-corrected chi connectivity index (χ4v) is 6.90. The van der Waals surface area contributed by atoms with Crippen molar-refractivity contribution >= 4 is 31.5 Å². The second-order valence-corrected chi connectivity index (χ2v) is 11.9. The van der Waals surface area contributed by atoms with E-state index in [9.17, 15) is 16.8 Å². The van der Waals surface area contributed by atoms with E-state index in [0.29, 0.717) is 5.02 Å². The lowest BCUT2D eigenvalue weighted by Crippen LogP contribution is -2.56. The molecule has 1 fully saturated rings. The van der Waals surface area contributed by atoms with Crippen LogP contribution in [0.15, 0.2) is 82.6 Å². The molecule has 1 aliphatic heterocycles. The number of benzene rings is 3. The van der Waals surface area contributed by atoms with E-state index in [4.69, 9.17) is 11.6 Å². The number of rotatable bonds is 5. The maximum atomic E-state index is 12.9. The molecule has 3 aromatic rings. The van der Waals surface area contributed by atoms with Crippen LogP contribution in [0, 0.1) is 6.92 Å². The van der Waals surface area contributed by atoms with Gasteiger partial charge in [0, 0.05) is 18.1 Å². The highest BCUT2D eigenvalue weighted by Crippen LogP contribution is 2.30. The van der Waals surface area contributed by atoms with Crippen LogP contribution in [0.3, 0.4) is 0 Å². The molecule has 1 heterocycles. The summed E-state index contributed by atoms with van der Waals surface area (Å²) >= 11 is 5.82. The van der Waals surface area contributed by atoms with Crippen LogP contribution in [0.25, 0.3) is 11.1 Å². The Morgan fingerprint density at radius 1 is 0.800 bits per heavy atom. The molecule has 3 aromatic carbocycles. The van der Waals surface area contributed by atoms with Crippen molar-refractivity contribution in [2.45, 2.75) is 22.0 Å². The van der Waals surface area contributed by atoms with Crippen molar-refractivity contribution in [3.8, 4) is 11.1 Å². The summed E-state index contributed by atoms with van der Waals surface area (Å²) in [5.74, 6) is 0. The molecule has 0 aromatic heterocycles. The van der Waals surface area contributed by atoms with Gasteiger partial charge in [0.1, 0.15) is 0 Å². The van der Waals surface area contributed by atoms with E-state index in [1.165, 1.54) is 28.6 Å². The maximum absolute atomic E-state index is 12.9. The van der Waals surface area contributed by atoms with E-state index in [1.54, 1.807) is 24.3 Å². The van der Waals surface area contributed by atoms with Crippen LogP contribution in [-0.2, 0) is 19.9 Å². The molecule has 156 valence electrons. The molecule has 0 spiro atoms. The van der Waals surface area contributed by atoms with Crippen LogP contribution in [-0.4, -0.2) is 39.5 Å². The van der Waals surface area contributed by atoms with Crippen LogP contribution in [0.1, 0.15) is 5.56 Å². The molecule has 0 aliphatic carbocycles. The summed E-state index contributed by atoms with van der Waals surface area (Å²) in [4.78, 5) is 0.303. The molecule has 0 amide bonds. The molecule has 0 unspecified atom stereocenters. The van der Waals surface area contributed by atoms with Gasteiger partial charge in [0.05, 0.1) is 15.0 Å². The summed E-state index contributed by atoms with van der Waals surface area (Å²) in [5, 5.41) is -0.319. The van der Waals surface area contributed by atoms with Crippen molar-refractivity contribution in [2.75, 3.05) is 13.1 Å². The molecule has 0 atom stereocenters. The number of sulfone groups is 1. The Morgan fingerprint density at radius 2 is 1.40 bits per heavy atom. The highest BCUT2D eigenvalue weighted by molar-refractivity contribution is 7.92. The monoisotopic (exact) mass is 461 g/mol. The average molecular weight is 462 g/mol. The topological polar surface area (TPSA) is 71.5 Å². The summed E-state index contributed by atoms with van der Waals surface area (Å²) in [6.07, 6.45) is 0. The van der Waals surface area contributed by atoms with E-state index in [-0.39, 0.29) is 22.9 Å². The van der Waals surface area contributed by atoms with E-state index in [2.05, 4.69) is 0 Å². The predicted molar refractivity (Wildman–Crippen MR) is 118 cm³/mol. The summed E-state index contributed by atoms with van der Waals surface area (Å²) in [6, 6.07) is 20.5. The van der Waals surface area contributed by atoms with E-state index >= 15 is 0 Å². The zero-order valence-electron chi connectivity index (χ0n) is 16.2. The van der Waals surface area contributed by atoms with Crippen LogP contribution in [0.4, 0.5) is 0 Å². The number of nitrogens with zero attached hydrogens (tertiary/aromatic N) is 1. The first-order chi connectivity index (χ1) is 14.2. The van der Waals surface area contributed by atoms with Crippen molar-refractivity contribution in [2.24, 2.45) is 0 Å². The van der Waals surface area contributed by atoms with Gasteiger partial charge in [-0.3, -0.25) is 0 Å². The predicted octanol–water partition coefficient (Wildman–Crippen LogP) is 4.16. The Balaban J connectivity index is 1.49. The molecular formula is C22H20ClNO4S2. The molecule has 1 aliphatic rings. The van der Waals surface area contributed by atoms with Crippen LogP contribution < -0.4 is 0 Å². The number of aryl methyl sites for hydroxylation is 1. The Hall–Kier alpha value is -2.19. The summed E-state index contributed by atoms with van der Waals surface area (Å²) in [6.45, 7) is 1.88.